The summed E-state index contributed by atoms with van der Waals surface area (Å²) in [5, 5.41) is 3.35. The highest BCUT2D eigenvalue weighted by Gasteiger charge is 2.03. The van der Waals surface area contributed by atoms with Crippen molar-refractivity contribution >= 4 is 27.7 Å². The van der Waals surface area contributed by atoms with Crippen molar-refractivity contribution in [3.05, 3.63) is 28.2 Å². The molecule has 1 aromatic carbocycles. The lowest BCUT2D eigenvalue weighted by Gasteiger charge is -2.09. The van der Waals surface area contributed by atoms with Gasteiger partial charge < -0.3 is 10.1 Å². The third-order valence-corrected chi connectivity index (χ3v) is 4.79. The number of hydrogen-bond acceptors (Lipinski definition) is 3. The molecule has 0 fully saturated rings. The molecule has 1 rings (SSSR count). The highest BCUT2D eigenvalue weighted by Crippen LogP contribution is 2.29. The first kappa shape index (κ1) is 17.0. The predicted octanol–water partition coefficient (Wildman–Crippen LogP) is 4.32. The van der Waals surface area contributed by atoms with Gasteiger partial charge in [-0.15, -0.1) is 11.8 Å². The molecule has 0 radical (unpaired) electrons. The van der Waals surface area contributed by atoms with Crippen LogP contribution in [0.3, 0.4) is 0 Å². The molecule has 0 bridgehead atoms. The number of methoxy groups -OCH3 is 1. The van der Waals surface area contributed by atoms with E-state index in [9.17, 15) is 0 Å². The first-order valence-corrected chi connectivity index (χ1v) is 8.52. The van der Waals surface area contributed by atoms with Crippen LogP contribution in [0.4, 0.5) is 0 Å². The van der Waals surface area contributed by atoms with Gasteiger partial charge in [0.05, 0.1) is 6.61 Å². The smallest absolute Gasteiger partial charge is 0.0587 e. The molecule has 108 valence electrons. The summed E-state index contributed by atoms with van der Waals surface area (Å²) in [6, 6.07) is 6.61. The van der Waals surface area contributed by atoms with Crippen molar-refractivity contribution in [1.82, 2.24) is 5.32 Å². The lowest BCUT2D eigenvalue weighted by Crippen LogP contribution is -2.18. The first-order valence-electron chi connectivity index (χ1n) is 6.74. The fourth-order valence-electron chi connectivity index (χ4n) is 1.58. The highest BCUT2D eigenvalue weighted by atomic mass is 79.9. The van der Waals surface area contributed by atoms with Crippen molar-refractivity contribution < 1.29 is 4.74 Å². The number of rotatable bonds is 9. The van der Waals surface area contributed by atoms with Crippen LogP contribution in [0.5, 0.6) is 0 Å². The zero-order valence-electron chi connectivity index (χ0n) is 12.0. The summed E-state index contributed by atoms with van der Waals surface area (Å²) in [7, 11) is 1.72. The van der Waals surface area contributed by atoms with E-state index in [4.69, 9.17) is 4.74 Å². The normalized spacial score (nSPS) is 11.2. The average Bonchev–Trinajstić information content (AvgIpc) is 2.37. The first-order chi connectivity index (χ1) is 9.13. The Kier molecular flexibility index (Phi) is 8.79. The average molecular weight is 346 g/mol. The van der Waals surface area contributed by atoms with Crippen LogP contribution in [0.2, 0.25) is 0 Å². The molecule has 0 aliphatic carbocycles. The minimum atomic E-state index is 0.754. The minimum Gasteiger partial charge on any atom is -0.383 e. The van der Waals surface area contributed by atoms with Gasteiger partial charge in [0.2, 0.25) is 0 Å². The van der Waals surface area contributed by atoms with Crippen LogP contribution in [-0.4, -0.2) is 26.0 Å². The second-order valence-electron chi connectivity index (χ2n) is 4.97. The molecule has 0 heterocycles. The summed E-state index contributed by atoms with van der Waals surface area (Å²) < 4.78 is 6.21. The number of hydrogen-bond donors (Lipinski definition) is 1. The van der Waals surface area contributed by atoms with Crippen LogP contribution in [0, 0.1) is 5.92 Å². The van der Waals surface area contributed by atoms with E-state index in [2.05, 4.69) is 53.3 Å². The van der Waals surface area contributed by atoms with E-state index < -0.39 is 0 Å². The minimum absolute atomic E-state index is 0.754. The lowest BCUT2D eigenvalue weighted by atomic mass is 10.2. The molecule has 19 heavy (non-hydrogen) atoms. The summed E-state index contributed by atoms with van der Waals surface area (Å²) in [4.78, 5) is 1.33. The van der Waals surface area contributed by atoms with E-state index >= 15 is 0 Å². The van der Waals surface area contributed by atoms with E-state index in [0.29, 0.717) is 0 Å². The third kappa shape index (κ3) is 7.35. The van der Waals surface area contributed by atoms with Gasteiger partial charge in [-0.05, 0) is 51.7 Å². The van der Waals surface area contributed by atoms with Crippen molar-refractivity contribution in [2.24, 2.45) is 5.92 Å². The van der Waals surface area contributed by atoms with Crippen molar-refractivity contribution in [2.45, 2.75) is 31.7 Å². The molecular weight excluding hydrogens is 322 g/mol. The maximum absolute atomic E-state index is 5.01. The molecule has 1 N–H and O–H groups in total. The standard InChI is InChI=1S/C15H24BrNOS/c1-12(2)6-9-19-15-5-4-13(10-14(15)16)11-17-7-8-18-3/h4-5,10,12,17H,6-9,11H2,1-3H3. The molecule has 0 unspecified atom stereocenters. The molecule has 0 saturated carbocycles. The monoisotopic (exact) mass is 345 g/mol. The number of nitrogens with one attached hydrogen (secondary N) is 1. The second-order valence-corrected chi connectivity index (χ2v) is 6.96. The zero-order valence-corrected chi connectivity index (χ0v) is 14.4. The Hall–Kier alpha value is -0.0300. The van der Waals surface area contributed by atoms with E-state index in [-0.39, 0.29) is 0 Å². The van der Waals surface area contributed by atoms with Crippen molar-refractivity contribution in [3.63, 3.8) is 0 Å². The third-order valence-electron chi connectivity index (χ3n) is 2.76. The summed E-state index contributed by atoms with van der Waals surface area (Å²) in [5.74, 6) is 1.96. The summed E-state index contributed by atoms with van der Waals surface area (Å²) in [5.41, 5.74) is 1.30. The number of ether oxygens (including phenoxy) is 1. The molecule has 0 aliphatic heterocycles. The molecular formula is C15H24BrNOS. The van der Waals surface area contributed by atoms with Gasteiger partial charge >= 0.3 is 0 Å². The summed E-state index contributed by atoms with van der Waals surface area (Å²) in [6.45, 7) is 7.07. The Bertz CT molecular complexity index is 371. The largest absolute Gasteiger partial charge is 0.383 e. The zero-order chi connectivity index (χ0) is 14.1. The van der Waals surface area contributed by atoms with Crippen LogP contribution in [0.15, 0.2) is 27.6 Å². The Morgan fingerprint density at radius 2 is 2.16 bits per heavy atom. The predicted molar refractivity (Wildman–Crippen MR) is 87.9 cm³/mol. The molecule has 0 saturated heterocycles. The van der Waals surface area contributed by atoms with Gasteiger partial charge in [-0.2, -0.15) is 0 Å². The molecule has 0 aromatic heterocycles. The van der Waals surface area contributed by atoms with Gasteiger partial charge in [-0.1, -0.05) is 19.9 Å². The molecule has 0 atom stereocenters. The van der Waals surface area contributed by atoms with Gasteiger partial charge in [0, 0.05) is 29.6 Å². The van der Waals surface area contributed by atoms with Crippen molar-refractivity contribution in [2.75, 3.05) is 26.0 Å². The van der Waals surface area contributed by atoms with E-state index in [1.807, 2.05) is 11.8 Å². The SMILES string of the molecule is COCCNCc1ccc(SCCC(C)C)c(Br)c1. The summed E-state index contributed by atoms with van der Waals surface area (Å²) >= 11 is 5.59. The Morgan fingerprint density at radius 3 is 2.79 bits per heavy atom. The fourth-order valence-corrected chi connectivity index (χ4v) is 3.52. The van der Waals surface area contributed by atoms with E-state index in [1.54, 1.807) is 7.11 Å². The van der Waals surface area contributed by atoms with Gasteiger partial charge in [0.1, 0.15) is 0 Å². The van der Waals surface area contributed by atoms with Crippen molar-refractivity contribution in [3.8, 4) is 0 Å². The van der Waals surface area contributed by atoms with Gasteiger partial charge in [-0.3, -0.25) is 0 Å². The number of benzene rings is 1. The van der Waals surface area contributed by atoms with E-state index in [0.717, 1.165) is 25.6 Å². The van der Waals surface area contributed by atoms with Gasteiger partial charge in [0.15, 0.2) is 0 Å². The molecule has 0 spiro atoms. The Morgan fingerprint density at radius 1 is 1.37 bits per heavy atom. The maximum atomic E-state index is 5.01. The molecule has 0 aliphatic rings. The highest BCUT2D eigenvalue weighted by molar-refractivity contribution is 9.10. The fraction of sp³-hybridized carbons (Fsp3) is 0.600. The van der Waals surface area contributed by atoms with Crippen LogP contribution < -0.4 is 5.32 Å². The van der Waals surface area contributed by atoms with Gasteiger partial charge in [-0.25, -0.2) is 0 Å². The molecule has 2 nitrogen and oxygen atoms in total. The van der Waals surface area contributed by atoms with Crippen LogP contribution in [0.25, 0.3) is 0 Å². The van der Waals surface area contributed by atoms with Crippen LogP contribution in [0.1, 0.15) is 25.8 Å². The number of halogens is 1. The molecule has 4 heteroatoms. The lowest BCUT2D eigenvalue weighted by molar-refractivity contribution is 0.199. The summed E-state index contributed by atoms with van der Waals surface area (Å²) in [6.07, 6.45) is 1.26. The topological polar surface area (TPSA) is 21.3 Å². The van der Waals surface area contributed by atoms with Crippen LogP contribution >= 0.6 is 27.7 Å². The Balaban J connectivity index is 2.40. The quantitative estimate of drug-likeness (QED) is 0.531. The van der Waals surface area contributed by atoms with Gasteiger partial charge in [0.25, 0.3) is 0 Å². The van der Waals surface area contributed by atoms with E-state index in [1.165, 1.54) is 27.1 Å². The maximum Gasteiger partial charge on any atom is 0.0587 e. The Labute approximate surface area is 129 Å². The molecule has 1 aromatic rings. The molecule has 0 amide bonds. The van der Waals surface area contributed by atoms with Crippen LogP contribution in [-0.2, 0) is 11.3 Å². The second kappa shape index (κ2) is 9.81. The van der Waals surface area contributed by atoms with Crippen molar-refractivity contribution in [1.29, 1.82) is 0 Å². The number of thioether (sulfide) groups is 1.